The summed E-state index contributed by atoms with van der Waals surface area (Å²) >= 11 is 2.06. The van der Waals surface area contributed by atoms with Gasteiger partial charge >= 0.3 is 0 Å². The van der Waals surface area contributed by atoms with Crippen LogP contribution < -0.4 is 5.32 Å². The third-order valence-corrected chi connectivity index (χ3v) is 4.54. The number of carbonyl (C=O) groups excluding carboxylic acids is 2. The molecule has 2 aliphatic rings. The molecule has 112 valence electrons. The highest BCUT2D eigenvalue weighted by atomic mass is 127. The first-order valence-electron chi connectivity index (χ1n) is 6.43. The maximum Gasteiger partial charge on any atom is 0.264 e. The molecule has 0 bridgehead atoms. The van der Waals surface area contributed by atoms with Gasteiger partial charge in [-0.1, -0.05) is 12.1 Å². The Morgan fingerprint density at radius 1 is 1.38 bits per heavy atom. The second-order valence-electron chi connectivity index (χ2n) is 5.54. The molecular weight excluding hydrogens is 389 g/mol. The second-order valence-corrected chi connectivity index (χ2v) is 6.70. The smallest absolute Gasteiger partial charge is 0.264 e. The number of anilines is 1. The lowest BCUT2D eigenvalue weighted by atomic mass is 9.86. The van der Waals surface area contributed by atoms with E-state index >= 15 is 0 Å². The number of para-hydroxylation sites is 1. The van der Waals surface area contributed by atoms with E-state index in [9.17, 15) is 14.7 Å². The van der Waals surface area contributed by atoms with E-state index in [1.165, 1.54) is 0 Å². The summed E-state index contributed by atoms with van der Waals surface area (Å²) in [6.07, 6.45) is -1.29. The Labute approximate surface area is 134 Å². The molecule has 1 fully saturated rings. The van der Waals surface area contributed by atoms with E-state index < -0.39 is 29.2 Å². The fourth-order valence-corrected chi connectivity index (χ4v) is 3.22. The van der Waals surface area contributed by atoms with Gasteiger partial charge in [0.25, 0.3) is 5.91 Å². The molecule has 2 atom stereocenters. The van der Waals surface area contributed by atoms with Crippen molar-refractivity contribution in [1.82, 2.24) is 0 Å². The van der Waals surface area contributed by atoms with E-state index in [1.54, 1.807) is 26.0 Å². The molecule has 1 saturated heterocycles. The highest BCUT2D eigenvalue weighted by molar-refractivity contribution is 14.1. The van der Waals surface area contributed by atoms with E-state index in [0.717, 1.165) is 3.57 Å². The van der Waals surface area contributed by atoms with Crippen molar-refractivity contribution in [3.8, 4) is 0 Å². The van der Waals surface area contributed by atoms with Gasteiger partial charge in [-0.15, -0.1) is 0 Å². The number of aliphatic hydroxyl groups is 1. The zero-order valence-corrected chi connectivity index (χ0v) is 13.6. The van der Waals surface area contributed by atoms with Crippen molar-refractivity contribution in [2.24, 2.45) is 0 Å². The van der Waals surface area contributed by atoms with Crippen molar-refractivity contribution in [2.75, 3.05) is 11.9 Å². The van der Waals surface area contributed by atoms with Gasteiger partial charge < -0.3 is 19.9 Å². The van der Waals surface area contributed by atoms with Gasteiger partial charge in [0, 0.05) is 9.13 Å². The number of Topliss-reactive ketones (excluding diaryl/α,β-unsaturated/α-hetero) is 1. The fraction of sp³-hybridized carbons (Fsp3) is 0.429. The van der Waals surface area contributed by atoms with Crippen LogP contribution in [0.4, 0.5) is 5.69 Å². The molecule has 0 radical (unpaired) electrons. The van der Waals surface area contributed by atoms with Crippen molar-refractivity contribution in [3.05, 3.63) is 27.3 Å². The molecule has 2 aliphatic heterocycles. The number of hydrogen-bond donors (Lipinski definition) is 2. The normalized spacial score (nSPS) is 31.0. The van der Waals surface area contributed by atoms with Crippen LogP contribution >= 0.6 is 22.6 Å². The predicted molar refractivity (Wildman–Crippen MR) is 81.6 cm³/mol. The summed E-state index contributed by atoms with van der Waals surface area (Å²) in [6, 6.07) is 5.15. The quantitative estimate of drug-likeness (QED) is 0.688. The second kappa shape index (κ2) is 4.73. The van der Waals surface area contributed by atoms with Gasteiger partial charge in [0.15, 0.2) is 17.7 Å². The highest BCUT2D eigenvalue weighted by Crippen LogP contribution is 2.43. The number of hydrogen-bond acceptors (Lipinski definition) is 5. The number of benzene rings is 1. The number of halogens is 1. The average molecular weight is 403 g/mol. The Hall–Kier alpha value is -1.03. The minimum absolute atomic E-state index is 0.202. The van der Waals surface area contributed by atoms with Gasteiger partial charge in [0.05, 0.1) is 5.69 Å². The molecule has 21 heavy (non-hydrogen) atoms. The number of fused-ring (bicyclic) bond motifs is 1. The zero-order chi connectivity index (χ0) is 15.4. The lowest BCUT2D eigenvalue weighted by Crippen LogP contribution is -2.58. The van der Waals surface area contributed by atoms with Crippen molar-refractivity contribution in [1.29, 1.82) is 0 Å². The Balaban J connectivity index is 2.11. The lowest BCUT2D eigenvalue weighted by molar-refractivity contribution is -0.282. The molecule has 0 aliphatic carbocycles. The fourth-order valence-electron chi connectivity index (χ4n) is 2.58. The minimum atomic E-state index is -2.03. The largest absolute Gasteiger partial charge is 0.373 e. The molecule has 7 heteroatoms. The predicted octanol–water partition coefficient (Wildman–Crippen LogP) is 1.15. The van der Waals surface area contributed by atoms with Crippen LogP contribution in [0.25, 0.3) is 0 Å². The number of ketones is 1. The zero-order valence-electron chi connectivity index (χ0n) is 11.5. The van der Waals surface area contributed by atoms with Crippen molar-refractivity contribution in [3.63, 3.8) is 0 Å². The molecule has 0 unspecified atom stereocenters. The third kappa shape index (κ3) is 2.19. The first-order chi connectivity index (χ1) is 9.75. The maximum atomic E-state index is 12.3. The first kappa shape index (κ1) is 14.9. The molecule has 2 N–H and O–H groups in total. The van der Waals surface area contributed by atoms with Crippen LogP contribution in [0, 0.1) is 3.57 Å². The van der Waals surface area contributed by atoms with Crippen molar-refractivity contribution in [2.45, 2.75) is 31.3 Å². The van der Waals surface area contributed by atoms with Crippen LogP contribution in [0.3, 0.4) is 0 Å². The standard InChI is InChI=1S/C14H14INO5/c1-13(2)20-6-9(17)11(21-13)14(19)7-4-3-5-8(15)10(7)16-12(14)18/h3-5,11,19H,6H2,1-2H3,(H,16,18)/t11-,14+/m1/s1. The topological polar surface area (TPSA) is 84.9 Å². The van der Waals surface area contributed by atoms with E-state index in [0.29, 0.717) is 11.3 Å². The lowest BCUT2D eigenvalue weighted by Gasteiger charge is -2.40. The van der Waals surface area contributed by atoms with Crippen LogP contribution in [0.1, 0.15) is 19.4 Å². The van der Waals surface area contributed by atoms with Crippen molar-refractivity contribution < 1.29 is 24.2 Å². The van der Waals surface area contributed by atoms with Crippen LogP contribution in [-0.4, -0.2) is 35.3 Å². The number of nitrogens with one attached hydrogen (secondary N) is 1. The maximum absolute atomic E-state index is 12.3. The Bertz CT molecular complexity index is 644. The number of carbonyl (C=O) groups is 2. The molecule has 0 aromatic heterocycles. The molecular formula is C14H14INO5. The third-order valence-electron chi connectivity index (χ3n) is 3.64. The molecule has 1 amide bonds. The van der Waals surface area contributed by atoms with Crippen LogP contribution in [-0.2, 0) is 24.7 Å². The average Bonchev–Trinajstić information content (AvgIpc) is 2.68. The summed E-state index contributed by atoms with van der Waals surface area (Å²) < 4.78 is 11.6. The number of amides is 1. The minimum Gasteiger partial charge on any atom is -0.373 e. The summed E-state index contributed by atoms with van der Waals surface area (Å²) in [5.41, 5.74) is -1.16. The van der Waals surface area contributed by atoms with E-state index in [2.05, 4.69) is 27.9 Å². The molecule has 1 aromatic rings. The Morgan fingerprint density at radius 3 is 2.81 bits per heavy atom. The summed E-state index contributed by atoms with van der Waals surface area (Å²) in [6.45, 7) is 3.07. The summed E-state index contributed by atoms with van der Waals surface area (Å²) in [5.74, 6) is -2.16. The SMILES string of the molecule is CC1(C)OCC(=O)[C@H]([C@]2(O)C(=O)Nc3c(I)cccc32)O1. The van der Waals surface area contributed by atoms with Gasteiger partial charge in [-0.25, -0.2) is 0 Å². The van der Waals surface area contributed by atoms with Gasteiger partial charge in [-0.3, -0.25) is 9.59 Å². The summed E-state index contributed by atoms with van der Waals surface area (Å²) in [5, 5.41) is 13.6. The van der Waals surface area contributed by atoms with Gasteiger partial charge in [0.1, 0.15) is 6.61 Å². The molecule has 6 nitrogen and oxygen atoms in total. The van der Waals surface area contributed by atoms with Crippen molar-refractivity contribution >= 4 is 40.0 Å². The summed E-state index contributed by atoms with van der Waals surface area (Å²) in [4.78, 5) is 24.4. The monoisotopic (exact) mass is 403 g/mol. The number of rotatable bonds is 1. The Morgan fingerprint density at radius 2 is 2.10 bits per heavy atom. The number of ether oxygens (including phenoxy) is 2. The summed E-state index contributed by atoms with van der Waals surface area (Å²) in [7, 11) is 0. The van der Waals surface area contributed by atoms with Crippen LogP contribution in [0.2, 0.25) is 0 Å². The molecule has 3 rings (SSSR count). The first-order valence-corrected chi connectivity index (χ1v) is 7.51. The molecule has 1 aromatic carbocycles. The highest BCUT2D eigenvalue weighted by Gasteiger charge is 2.58. The van der Waals surface area contributed by atoms with Crippen LogP contribution in [0.15, 0.2) is 18.2 Å². The molecule has 2 heterocycles. The van der Waals surface area contributed by atoms with E-state index in [-0.39, 0.29) is 6.61 Å². The van der Waals surface area contributed by atoms with E-state index in [1.807, 2.05) is 6.07 Å². The van der Waals surface area contributed by atoms with Gasteiger partial charge in [-0.2, -0.15) is 0 Å². The molecule has 0 saturated carbocycles. The van der Waals surface area contributed by atoms with Gasteiger partial charge in [-0.05, 0) is 42.5 Å². The van der Waals surface area contributed by atoms with Gasteiger partial charge in [0.2, 0.25) is 5.60 Å². The Kier molecular flexibility index (Phi) is 3.36. The molecule has 0 spiro atoms. The van der Waals surface area contributed by atoms with Crippen LogP contribution in [0.5, 0.6) is 0 Å². The van der Waals surface area contributed by atoms with E-state index in [4.69, 9.17) is 9.47 Å².